The highest BCUT2D eigenvalue weighted by Gasteiger charge is 2.47. The Balaban J connectivity index is 1.95. The summed E-state index contributed by atoms with van der Waals surface area (Å²) in [6, 6.07) is 14.6. The number of aromatic nitrogens is 1. The topological polar surface area (TPSA) is 79.7 Å². The molecule has 0 spiro atoms. The van der Waals surface area contributed by atoms with E-state index in [1.54, 1.807) is 48.8 Å². The van der Waals surface area contributed by atoms with Crippen LogP contribution < -0.4 is 9.64 Å². The summed E-state index contributed by atoms with van der Waals surface area (Å²) in [6.07, 6.45) is 3.18. The molecule has 3 aromatic rings. The molecule has 2 heterocycles. The van der Waals surface area contributed by atoms with Crippen molar-refractivity contribution in [3.05, 3.63) is 94.3 Å². The lowest BCUT2D eigenvalue weighted by Crippen LogP contribution is -2.30. The van der Waals surface area contributed by atoms with Gasteiger partial charge in [0.15, 0.2) is 0 Å². The minimum Gasteiger partial charge on any atom is -0.507 e. The number of ether oxygens (including phenoxy) is 1. The van der Waals surface area contributed by atoms with Crippen LogP contribution in [0.2, 0.25) is 5.02 Å². The summed E-state index contributed by atoms with van der Waals surface area (Å²) in [6.45, 7) is 1.86. The Kier molecular flexibility index (Phi) is 5.48. The first kappa shape index (κ1) is 20.6. The number of Topliss-reactive ketones (excluding diaryl/α,β-unsaturated/α-hetero) is 1. The summed E-state index contributed by atoms with van der Waals surface area (Å²) in [5.74, 6) is -1.37. The molecule has 0 saturated carbocycles. The molecule has 1 aliphatic rings. The van der Waals surface area contributed by atoms with Crippen LogP contribution in [-0.2, 0) is 9.59 Å². The SMILES string of the molecule is COc1ccc(/C(O)=C2/C(=O)C(=O)N(c3ccccc3C)C2c2cccnc2)cc1Cl. The van der Waals surface area contributed by atoms with E-state index in [0.29, 0.717) is 22.6 Å². The second-order valence-electron chi connectivity index (χ2n) is 7.09. The first-order valence-corrected chi connectivity index (χ1v) is 9.92. The van der Waals surface area contributed by atoms with E-state index in [1.165, 1.54) is 18.1 Å². The molecule has 1 unspecified atom stereocenters. The maximum atomic E-state index is 13.1. The van der Waals surface area contributed by atoms with Crippen molar-refractivity contribution in [3.63, 3.8) is 0 Å². The molecule has 7 heteroatoms. The summed E-state index contributed by atoms with van der Waals surface area (Å²) < 4.78 is 5.15. The third-order valence-corrected chi connectivity index (χ3v) is 5.54. The van der Waals surface area contributed by atoms with Gasteiger partial charge < -0.3 is 9.84 Å². The number of carbonyl (C=O) groups excluding carboxylic acids is 2. The molecule has 31 heavy (non-hydrogen) atoms. The predicted octanol–water partition coefficient (Wildman–Crippen LogP) is 4.68. The summed E-state index contributed by atoms with van der Waals surface area (Å²) in [5, 5.41) is 11.4. The van der Waals surface area contributed by atoms with Crippen molar-refractivity contribution in [2.45, 2.75) is 13.0 Å². The summed E-state index contributed by atoms with van der Waals surface area (Å²) in [5.41, 5.74) is 2.30. The van der Waals surface area contributed by atoms with E-state index in [1.807, 2.05) is 19.1 Å². The van der Waals surface area contributed by atoms with Gasteiger partial charge in [-0.05, 0) is 48.4 Å². The molecule has 0 radical (unpaired) electrons. The van der Waals surface area contributed by atoms with Gasteiger partial charge in [-0.3, -0.25) is 19.5 Å². The summed E-state index contributed by atoms with van der Waals surface area (Å²) in [7, 11) is 1.48. The van der Waals surface area contributed by atoms with Crippen LogP contribution in [0.3, 0.4) is 0 Å². The average molecular weight is 435 g/mol. The smallest absolute Gasteiger partial charge is 0.300 e. The normalized spacial score (nSPS) is 17.8. The lowest BCUT2D eigenvalue weighted by atomic mass is 9.96. The number of amides is 1. The average Bonchev–Trinajstić information content (AvgIpc) is 3.04. The second kappa shape index (κ2) is 8.24. The summed E-state index contributed by atoms with van der Waals surface area (Å²) >= 11 is 6.21. The zero-order valence-corrected chi connectivity index (χ0v) is 17.6. The van der Waals surface area contributed by atoms with Crippen molar-refractivity contribution < 1.29 is 19.4 Å². The highest BCUT2D eigenvalue weighted by molar-refractivity contribution is 6.51. The Morgan fingerprint density at radius 1 is 1.13 bits per heavy atom. The van der Waals surface area contributed by atoms with Gasteiger partial charge in [0.25, 0.3) is 11.7 Å². The van der Waals surface area contributed by atoms with Gasteiger partial charge in [0.2, 0.25) is 0 Å². The Morgan fingerprint density at radius 2 is 1.90 bits per heavy atom. The number of benzene rings is 2. The Bertz CT molecular complexity index is 1210. The molecule has 1 fully saturated rings. The highest BCUT2D eigenvalue weighted by atomic mass is 35.5. The van der Waals surface area contributed by atoms with E-state index in [0.717, 1.165) is 5.56 Å². The largest absolute Gasteiger partial charge is 0.507 e. The highest BCUT2D eigenvalue weighted by Crippen LogP contribution is 2.43. The number of hydrogen-bond acceptors (Lipinski definition) is 5. The number of anilines is 1. The van der Waals surface area contributed by atoms with Gasteiger partial charge in [0.05, 0.1) is 23.7 Å². The monoisotopic (exact) mass is 434 g/mol. The minimum absolute atomic E-state index is 0.0255. The third-order valence-electron chi connectivity index (χ3n) is 5.24. The van der Waals surface area contributed by atoms with Gasteiger partial charge in [-0.25, -0.2) is 0 Å². The maximum absolute atomic E-state index is 13.1. The van der Waals surface area contributed by atoms with Gasteiger partial charge in [0, 0.05) is 23.6 Å². The number of hydrogen-bond donors (Lipinski definition) is 1. The molecule has 4 rings (SSSR count). The molecule has 1 aromatic heterocycles. The van der Waals surface area contributed by atoms with Crippen molar-refractivity contribution in [2.24, 2.45) is 0 Å². The van der Waals surface area contributed by atoms with Gasteiger partial charge in [-0.2, -0.15) is 0 Å². The van der Waals surface area contributed by atoms with Crippen LogP contribution in [0.15, 0.2) is 72.6 Å². The van der Waals surface area contributed by atoms with Gasteiger partial charge >= 0.3 is 0 Å². The van der Waals surface area contributed by atoms with Crippen LogP contribution in [0.25, 0.3) is 5.76 Å². The lowest BCUT2D eigenvalue weighted by Gasteiger charge is -2.26. The fourth-order valence-corrected chi connectivity index (χ4v) is 3.99. The van der Waals surface area contributed by atoms with E-state index < -0.39 is 17.7 Å². The quantitative estimate of drug-likeness (QED) is 0.366. The lowest BCUT2D eigenvalue weighted by molar-refractivity contribution is -0.132. The van der Waals surface area contributed by atoms with Crippen LogP contribution in [0, 0.1) is 6.92 Å². The van der Waals surface area contributed by atoms with E-state index in [4.69, 9.17) is 16.3 Å². The molecule has 1 aliphatic heterocycles. The molecule has 1 N–H and O–H groups in total. The van der Waals surface area contributed by atoms with Crippen molar-refractivity contribution in [1.82, 2.24) is 4.98 Å². The van der Waals surface area contributed by atoms with Crippen molar-refractivity contribution in [1.29, 1.82) is 0 Å². The van der Waals surface area contributed by atoms with Crippen molar-refractivity contribution >= 4 is 34.7 Å². The number of nitrogens with zero attached hydrogens (tertiary/aromatic N) is 2. The number of aliphatic hydroxyl groups is 1. The first-order chi connectivity index (χ1) is 14.9. The van der Waals surface area contributed by atoms with Crippen LogP contribution >= 0.6 is 11.6 Å². The fraction of sp³-hybridized carbons (Fsp3) is 0.125. The number of aliphatic hydroxyl groups excluding tert-OH is 1. The number of para-hydroxylation sites is 1. The molecule has 1 saturated heterocycles. The molecular formula is C24H19ClN2O4. The number of methoxy groups -OCH3 is 1. The van der Waals surface area contributed by atoms with E-state index in [9.17, 15) is 14.7 Å². The molecular weight excluding hydrogens is 416 g/mol. The third kappa shape index (κ3) is 3.55. The maximum Gasteiger partial charge on any atom is 0.300 e. The molecule has 6 nitrogen and oxygen atoms in total. The van der Waals surface area contributed by atoms with Gasteiger partial charge in [-0.1, -0.05) is 35.9 Å². The number of rotatable bonds is 4. The first-order valence-electron chi connectivity index (χ1n) is 9.54. The number of aryl methyl sites for hydroxylation is 1. The standard InChI is InChI=1S/C24H19ClN2O4/c1-14-6-3-4-8-18(14)27-21(16-7-5-11-26-13-16)20(23(29)24(27)30)22(28)15-9-10-19(31-2)17(25)12-15/h3-13,21,28H,1-2H3/b22-20-. The van der Waals surface area contributed by atoms with Crippen LogP contribution in [0.5, 0.6) is 5.75 Å². The zero-order chi connectivity index (χ0) is 22.1. The van der Waals surface area contributed by atoms with Gasteiger partial charge in [0.1, 0.15) is 11.5 Å². The molecule has 0 bridgehead atoms. The minimum atomic E-state index is -0.837. The number of carbonyl (C=O) groups is 2. The van der Waals surface area contributed by atoms with Crippen molar-refractivity contribution in [3.8, 4) is 5.75 Å². The van der Waals surface area contributed by atoms with E-state index in [-0.39, 0.29) is 16.4 Å². The van der Waals surface area contributed by atoms with Crippen LogP contribution in [0.1, 0.15) is 22.7 Å². The fourth-order valence-electron chi connectivity index (χ4n) is 3.74. The number of halogens is 1. The Morgan fingerprint density at radius 3 is 2.55 bits per heavy atom. The van der Waals surface area contributed by atoms with Crippen LogP contribution in [-0.4, -0.2) is 28.9 Å². The number of ketones is 1. The molecule has 1 amide bonds. The Hall–Kier alpha value is -3.64. The molecule has 0 aliphatic carbocycles. The Labute approximate surface area is 184 Å². The van der Waals surface area contributed by atoms with Crippen molar-refractivity contribution in [2.75, 3.05) is 12.0 Å². The van der Waals surface area contributed by atoms with Gasteiger partial charge in [-0.15, -0.1) is 0 Å². The van der Waals surface area contributed by atoms with E-state index >= 15 is 0 Å². The summed E-state index contributed by atoms with van der Waals surface area (Å²) in [4.78, 5) is 31.8. The predicted molar refractivity (Wildman–Crippen MR) is 118 cm³/mol. The molecule has 156 valence electrons. The molecule has 2 aromatic carbocycles. The molecule has 1 atom stereocenters. The van der Waals surface area contributed by atoms with E-state index in [2.05, 4.69) is 4.98 Å². The van der Waals surface area contributed by atoms with Crippen LogP contribution in [0.4, 0.5) is 5.69 Å². The zero-order valence-electron chi connectivity index (χ0n) is 16.9. The second-order valence-corrected chi connectivity index (χ2v) is 7.50. The number of pyridine rings is 1.